The van der Waals surface area contributed by atoms with Crippen molar-refractivity contribution in [2.75, 3.05) is 0 Å². The van der Waals surface area contributed by atoms with Crippen molar-refractivity contribution < 1.29 is 0 Å². The molecule has 3 rings (SSSR count). The Labute approximate surface area is 112 Å². The van der Waals surface area contributed by atoms with Gasteiger partial charge in [-0.05, 0) is 52.3 Å². The van der Waals surface area contributed by atoms with Crippen LogP contribution in [-0.2, 0) is 0 Å². The molecule has 1 fully saturated rings. The van der Waals surface area contributed by atoms with Crippen LogP contribution in [0.4, 0.5) is 0 Å². The lowest BCUT2D eigenvalue weighted by atomic mass is 9.77. The molecule has 1 aromatic heterocycles. The number of hydrogen-bond donors (Lipinski definition) is 2. The summed E-state index contributed by atoms with van der Waals surface area (Å²) < 4.78 is 0. The minimum Gasteiger partial charge on any atom is -0.271 e. The molecule has 2 nitrogen and oxygen atoms in total. The van der Waals surface area contributed by atoms with Crippen molar-refractivity contribution in [3.63, 3.8) is 0 Å². The second kappa shape index (κ2) is 5.22. The molecule has 0 saturated heterocycles. The third kappa shape index (κ3) is 2.09. The Morgan fingerprint density at radius 2 is 2.06 bits per heavy atom. The average molecular weight is 258 g/mol. The lowest BCUT2D eigenvalue weighted by Gasteiger charge is -2.30. The third-order valence-electron chi connectivity index (χ3n) is 3.90. The van der Waals surface area contributed by atoms with Gasteiger partial charge < -0.3 is 0 Å². The van der Waals surface area contributed by atoms with E-state index in [9.17, 15) is 0 Å². The lowest BCUT2D eigenvalue weighted by molar-refractivity contribution is 0.414. The molecular weight excluding hydrogens is 240 g/mol. The van der Waals surface area contributed by atoms with Gasteiger partial charge in [-0.1, -0.05) is 30.7 Å². The van der Waals surface area contributed by atoms with Crippen LogP contribution in [0, 0.1) is 0 Å². The van der Waals surface area contributed by atoms with Crippen molar-refractivity contribution in [3.8, 4) is 0 Å². The Hall–Kier alpha value is -1.16. The molecule has 1 heterocycles. The molecule has 3 N–H and O–H groups in total. The highest BCUT2D eigenvalue weighted by Crippen LogP contribution is 2.40. The van der Waals surface area contributed by atoms with Gasteiger partial charge in [0.2, 0.25) is 0 Å². The van der Waals surface area contributed by atoms with E-state index in [-0.39, 0.29) is 6.04 Å². The van der Waals surface area contributed by atoms with Crippen LogP contribution in [0.25, 0.3) is 0 Å². The van der Waals surface area contributed by atoms with Gasteiger partial charge >= 0.3 is 0 Å². The third-order valence-corrected chi connectivity index (χ3v) is 4.60. The van der Waals surface area contributed by atoms with Gasteiger partial charge in [0.25, 0.3) is 0 Å². The van der Waals surface area contributed by atoms with Gasteiger partial charge in [-0.15, -0.1) is 0 Å². The highest BCUT2D eigenvalue weighted by molar-refractivity contribution is 7.08. The van der Waals surface area contributed by atoms with Crippen LogP contribution in [-0.4, -0.2) is 0 Å². The first-order valence-electron chi connectivity index (χ1n) is 6.47. The molecule has 3 heteroatoms. The van der Waals surface area contributed by atoms with Crippen molar-refractivity contribution in [3.05, 3.63) is 57.8 Å². The Morgan fingerprint density at radius 3 is 2.67 bits per heavy atom. The number of benzene rings is 1. The Balaban J connectivity index is 1.99. The highest BCUT2D eigenvalue weighted by atomic mass is 32.1. The van der Waals surface area contributed by atoms with E-state index in [0.717, 1.165) is 5.92 Å². The van der Waals surface area contributed by atoms with Crippen LogP contribution in [0.15, 0.2) is 41.1 Å². The second-order valence-electron chi connectivity index (χ2n) is 4.91. The topological polar surface area (TPSA) is 38.0 Å². The fourth-order valence-corrected chi connectivity index (χ4v) is 3.36. The van der Waals surface area contributed by atoms with Gasteiger partial charge in [0, 0.05) is 0 Å². The number of hydrazine groups is 1. The first-order chi connectivity index (χ1) is 8.90. The molecule has 94 valence electrons. The van der Waals surface area contributed by atoms with Crippen LogP contribution in [0.2, 0.25) is 0 Å². The fourth-order valence-electron chi connectivity index (χ4n) is 2.67. The first-order valence-corrected chi connectivity index (χ1v) is 7.41. The first kappa shape index (κ1) is 11.9. The summed E-state index contributed by atoms with van der Waals surface area (Å²) in [5, 5.41) is 4.27. The molecule has 2 aromatic rings. The normalized spacial score (nSPS) is 17.4. The van der Waals surface area contributed by atoms with Crippen molar-refractivity contribution in [1.29, 1.82) is 0 Å². The lowest BCUT2D eigenvalue weighted by Crippen LogP contribution is -2.30. The molecule has 0 amide bonds. The molecule has 0 aliphatic heterocycles. The van der Waals surface area contributed by atoms with E-state index in [2.05, 4.69) is 46.5 Å². The zero-order chi connectivity index (χ0) is 12.4. The maximum absolute atomic E-state index is 5.78. The van der Waals surface area contributed by atoms with E-state index < -0.39 is 0 Å². The summed E-state index contributed by atoms with van der Waals surface area (Å²) in [4.78, 5) is 0. The van der Waals surface area contributed by atoms with E-state index in [1.807, 2.05) is 0 Å². The summed E-state index contributed by atoms with van der Waals surface area (Å²) in [6.45, 7) is 0. The van der Waals surface area contributed by atoms with Crippen molar-refractivity contribution in [2.24, 2.45) is 5.84 Å². The zero-order valence-corrected chi connectivity index (χ0v) is 11.1. The standard InChI is InChI=1S/C15H18N2S/c16-17-15(12-8-9-18-10-12)14-7-2-1-6-13(14)11-4-3-5-11/h1-2,6-11,15,17H,3-5,16H2. The van der Waals surface area contributed by atoms with Crippen molar-refractivity contribution >= 4 is 11.3 Å². The molecule has 0 radical (unpaired) electrons. The number of thiophene rings is 1. The predicted molar refractivity (Wildman–Crippen MR) is 76.5 cm³/mol. The predicted octanol–water partition coefficient (Wildman–Crippen LogP) is 3.57. The smallest absolute Gasteiger partial charge is 0.0720 e. The van der Waals surface area contributed by atoms with Crippen molar-refractivity contribution in [1.82, 2.24) is 5.43 Å². The van der Waals surface area contributed by atoms with E-state index >= 15 is 0 Å². The largest absolute Gasteiger partial charge is 0.271 e. The number of hydrogen-bond acceptors (Lipinski definition) is 3. The summed E-state index contributed by atoms with van der Waals surface area (Å²) >= 11 is 1.72. The highest BCUT2D eigenvalue weighted by Gasteiger charge is 2.25. The Morgan fingerprint density at radius 1 is 1.22 bits per heavy atom. The Kier molecular flexibility index (Phi) is 3.46. The van der Waals surface area contributed by atoms with Gasteiger partial charge in [0.1, 0.15) is 0 Å². The minimum atomic E-state index is 0.119. The summed E-state index contributed by atoms with van der Waals surface area (Å²) in [5.74, 6) is 6.51. The fraction of sp³-hybridized carbons (Fsp3) is 0.333. The number of nitrogens with two attached hydrogens (primary N) is 1. The molecule has 0 bridgehead atoms. The summed E-state index contributed by atoms with van der Waals surface area (Å²) in [6.07, 6.45) is 3.99. The molecule has 1 aromatic carbocycles. The molecular formula is C15H18N2S. The monoisotopic (exact) mass is 258 g/mol. The molecule has 1 saturated carbocycles. The van der Waals surface area contributed by atoms with Crippen LogP contribution in [0.3, 0.4) is 0 Å². The minimum absolute atomic E-state index is 0.119. The van der Waals surface area contributed by atoms with Crippen LogP contribution in [0.1, 0.15) is 47.9 Å². The van der Waals surface area contributed by atoms with Crippen molar-refractivity contribution in [2.45, 2.75) is 31.2 Å². The van der Waals surface area contributed by atoms with Gasteiger partial charge in [-0.25, -0.2) is 5.43 Å². The van der Waals surface area contributed by atoms with Gasteiger partial charge in [-0.3, -0.25) is 5.84 Å². The van der Waals surface area contributed by atoms with Crippen LogP contribution >= 0.6 is 11.3 Å². The number of nitrogens with one attached hydrogen (secondary N) is 1. The average Bonchev–Trinajstić information content (AvgIpc) is 2.84. The summed E-state index contributed by atoms with van der Waals surface area (Å²) in [5.41, 5.74) is 7.04. The van der Waals surface area contributed by atoms with E-state index in [1.165, 1.54) is 36.0 Å². The zero-order valence-electron chi connectivity index (χ0n) is 10.3. The second-order valence-corrected chi connectivity index (χ2v) is 5.69. The molecule has 0 spiro atoms. The quantitative estimate of drug-likeness (QED) is 0.650. The van der Waals surface area contributed by atoms with Gasteiger partial charge in [0.05, 0.1) is 6.04 Å². The number of rotatable bonds is 4. The van der Waals surface area contributed by atoms with Crippen LogP contribution in [0.5, 0.6) is 0 Å². The maximum atomic E-state index is 5.78. The maximum Gasteiger partial charge on any atom is 0.0720 e. The van der Waals surface area contributed by atoms with Crippen LogP contribution < -0.4 is 11.3 Å². The summed E-state index contributed by atoms with van der Waals surface area (Å²) in [6, 6.07) is 11.0. The Bertz CT molecular complexity index is 503. The SMILES string of the molecule is NNC(c1ccsc1)c1ccccc1C1CCC1. The molecule has 1 aliphatic rings. The molecule has 18 heavy (non-hydrogen) atoms. The van der Waals surface area contributed by atoms with E-state index in [1.54, 1.807) is 11.3 Å². The molecule has 1 unspecified atom stereocenters. The van der Waals surface area contributed by atoms with E-state index in [4.69, 9.17) is 5.84 Å². The molecule has 1 atom stereocenters. The van der Waals surface area contributed by atoms with Gasteiger partial charge in [-0.2, -0.15) is 11.3 Å². The summed E-state index contributed by atoms with van der Waals surface area (Å²) in [7, 11) is 0. The van der Waals surface area contributed by atoms with E-state index in [0.29, 0.717) is 0 Å². The molecule has 1 aliphatic carbocycles. The van der Waals surface area contributed by atoms with Gasteiger partial charge in [0.15, 0.2) is 0 Å².